The second-order valence-electron chi connectivity index (χ2n) is 4.96. The van der Waals surface area contributed by atoms with E-state index < -0.39 is 0 Å². The summed E-state index contributed by atoms with van der Waals surface area (Å²) in [5.74, 6) is 0.635. The van der Waals surface area contributed by atoms with Gasteiger partial charge in [-0.25, -0.2) is 0 Å². The van der Waals surface area contributed by atoms with E-state index in [1.54, 1.807) is 7.11 Å². The molecule has 0 bridgehead atoms. The van der Waals surface area contributed by atoms with Crippen molar-refractivity contribution in [3.05, 3.63) is 29.3 Å². The summed E-state index contributed by atoms with van der Waals surface area (Å²) in [5.41, 5.74) is 7.30. The quantitative estimate of drug-likeness (QED) is 0.298. The number of amidine groups is 1. The summed E-state index contributed by atoms with van der Waals surface area (Å²) in [7, 11) is 5.66. The number of hydrogen-bond acceptors (Lipinski definition) is 5. The molecule has 0 aromatic heterocycles. The zero-order chi connectivity index (χ0) is 15.1. The lowest BCUT2D eigenvalue weighted by Crippen LogP contribution is -2.35. The van der Waals surface area contributed by atoms with E-state index in [1.807, 2.05) is 18.2 Å². The van der Waals surface area contributed by atoms with Gasteiger partial charge in [0, 0.05) is 19.1 Å². The number of nitrogens with one attached hydrogen (secondary N) is 1. The molecule has 112 valence electrons. The SMILES string of the molecule is COc1ccc(CNCC(C)N(C)C)cc1C(N)=NO. The highest BCUT2D eigenvalue weighted by Gasteiger charge is 2.09. The Bertz CT molecular complexity index is 460. The average molecular weight is 280 g/mol. The molecule has 0 spiro atoms. The van der Waals surface area contributed by atoms with Gasteiger partial charge in [-0.05, 0) is 38.7 Å². The molecule has 0 aliphatic rings. The number of rotatable bonds is 7. The number of ether oxygens (including phenoxy) is 1. The minimum Gasteiger partial charge on any atom is -0.496 e. The van der Waals surface area contributed by atoms with Crippen LogP contribution in [0.3, 0.4) is 0 Å². The van der Waals surface area contributed by atoms with Crippen LogP contribution >= 0.6 is 0 Å². The van der Waals surface area contributed by atoms with Crippen LogP contribution in [0.5, 0.6) is 5.75 Å². The maximum absolute atomic E-state index is 8.80. The van der Waals surface area contributed by atoms with Crippen LogP contribution in [0, 0.1) is 0 Å². The molecular weight excluding hydrogens is 256 g/mol. The van der Waals surface area contributed by atoms with E-state index in [2.05, 4.69) is 36.4 Å². The third-order valence-corrected chi connectivity index (χ3v) is 3.30. The fraction of sp³-hybridized carbons (Fsp3) is 0.500. The molecule has 0 saturated heterocycles. The van der Waals surface area contributed by atoms with Crippen LogP contribution < -0.4 is 15.8 Å². The first-order valence-electron chi connectivity index (χ1n) is 6.51. The highest BCUT2D eigenvalue weighted by molar-refractivity contribution is 5.99. The summed E-state index contributed by atoms with van der Waals surface area (Å²) in [6.45, 7) is 3.76. The number of oxime groups is 1. The van der Waals surface area contributed by atoms with E-state index in [4.69, 9.17) is 15.7 Å². The molecule has 1 unspecified atom stereocenters. The van der Waals surface area contributed by atoms with E-state index in [0.717, 1.165) is 12.1 Å². The van der Waals surface area contributed by atoms with Crippen LogP contribution in [-0.2, 0) is 6.54 Å². The molecule has 6 nitrogen and oxygen atoms in total. The lowest BCUT2D eigenvalue weighted by atomic mass is 10.1. The number of nitrogens with two attached hydrogens (primary N) is 1. The highest BCUT2D eigenvalue weighted by Crippen LogP contribution is 2.19. The Balaban J connectivity index is 2.73. The molecule has 20 heavy (non-hydrogen) atoms. The Hall–Kier alpha value is -1.79. The van der Waals surface area contributed by atoms with E-state index in [-0.39, 0.29) is 5.84 Å². The first-order chi connectivity index (χ1) is 9.49. The molecular formula is C14H24N4O2. The Morgan fingerprint density at radius 3 is 2.75 bits per heavy atom. The summed E-state index contributed by atoms with van der Waals surface area (Å²) in [6, 6.07) is 6.10. The van der Waals surface area contributed by atoms with Gasteiger partial charge in [-0.3, -0.25) is 0 Å². The topological polar surface area (TPSA) is 83.1 Å². The van der Waals surface area contributed by atoms with Gasteiger partial charge in [0.2, 0.25) is 0 Å². The first-order valence-corrected chi connectivity index (χ1v) is 6.51. The summed E-state index contributed by atoms with van der Waals surface area (Å²) < 4.78 is 5.20. The van der Waals surface area contributed by atoms with Crippen LogP contribution in [-0.4, -0.2) is 49.7 Å². The normalized spacial score (nSPS) is 13.6. The van der Waals surface area contributed by atoms with Gasteiger partial charge in [-0.15, -0.1) is 0 Å². The van der Waals surface area contributed by atoms with Crippen molar-refractivity contribution in [1.82, 2.24) is 10.2 Å². The van der Waals surface area contributed by atoms with Gasteiger partial charge in [-0.2, -0.15) is 0 Å². The molecule has 4 N–H and O–H groups in total. The van der Waals surface area contributed by atoms with Crippen LogP contribution in [0.1, 0.15) is 18.1 Å². The van der Waals surface area contributed by atoms with Gasteiger partial charge in [0.25, 0.3) is 0 Å². The number of hydrogen-bond donors (Lipinski definition) is 3. The van der Waals surface area contributed by atoms with E-state index in [9.17, 15) is 0 Å². The number of likely N-dealkylation sites (N-methyl/N-ethyl adjacent to an activating group) is 1. The average Bonchev–Trinajstić information content (AvgIpc) is 2.45. The van der Waals surface area contributed by atoms with Crippen molar-refractivity contribution in [1.29, 1.82) is 0 Å². The van der Waals surface area contributed by atoms with Gasteiger partial charge < -0.3 is 25.9 Å². The molecule has 6 heteroatoms. The highest BCUT2D eigenvalue weighted by atomic mass is 16.5. The molecule has 1 aromatic carbocycles. The van der Waals surface area contributed by atoms with Crippen molar-refractivity contribution >= 4 is 5.84 Å². The molecule has 0 aliphatic heterocycles. The summed E-state index contributed by atoms with van der Waals surface area (Å²) in [5, 5.41) is 15.2. The fourth-order valence-corrected chi connectivity index (χ4v) is 1.73. The van der Waals surface area contributed by atoms with Crippen LogP contribution in [0.15, 0.2) is 23.4 Å². The van der Waals surface area contributed by atoms with Gasteiger partial charge in [-0.1, -0.05) is 11.2 Å². The second-order valence-corrected chi connectivity index (χ2v) is 4.96. The van der Waals surface area contributed by atoms with Crippen molar-refractivity contribution in [3.8, 4) is 5.75 Å². The molecule has 0 saturated carbocycles. The number of methoxy groups -OCH3 is 1. The molecule has 0 amide bonds. The summed E-state index contributed by atoms with van der Waals surface area (Å²) >= 11 is 0. The Morgan fingerprint density at radius 1 is 1.50 bits per heavy atom. The molecule has 1 rings (SSSR count). The van der Waals surface area contributed by atoms with Crippen molar-refractivity contribution in [2.45, 2.75) is 19.5 Å². The maximum atomic E-state index is 8.80. The molecule has 1 aromatic rings. The predicted octanol–water partition coefficient (Wildman–Crippen LogP) is 0.829. The standard InChI is InChI=1S/C14H24N4O2/c1-10(18(2)3)8-16-9-11-5-6-13(20-4)12(7-11)14(15)17-19/h5-7,10,16,19H,8-9H2,1-4H3,(H2,15,17). The largest absolute Gasteiger partial charge is 0.496 e. The Morgan fingerprint density at radius 2 is 2.20 bits per heavy atom. The van der Waals surface area contributed by atoms with Gasteiger partial charge in [0.05, 0.1) is 12.7 Å². The smallest absolute Gasteiger partial charge is 0.173 e. The number of benzene rings is 1. The van der Waals surface area contributed by atoms with Crippen molar-refractivity contribution < 1.29 is 9.94 Å². The molecule has 0 radical (unpaired) electrons. The Kier molecular flexibility index (Phi) is 6.27. The summed E-state index contributed by atoms with van der Waals surface area (Å²) in [4.78, 5) is 2.16. The second kappa shape index (κ2) is 7.72. The molecule has 0 aliphatic carbocycles. The monoisotopic (exact) mass is 280 g/mol. The number of nitrogens with zero attached hydrogens (tertiary/aromatic N) is 2. The fourth-order valence-electron chi connectivity index (χ4n) is 1.73. The van der Waals surface area contributed by atoms with Gasteiger partial charge in [0.1, 0.15) is 5.75 Å². The van der Waals surface area contributed by atoms with Gasteiger partial charge >= 0.3 is 0 Å². The predicted molar refractivity (Wildman–Crippen MR) is 80.4 cm³/mol. The zero-order valence-corrected chi connectivity index (χ0v) is 12.6. The molecule has 0 heterocycles. The minimum absolute atomic E-state index is 0.0466. The lowest BCUT2D eigenvalue weighted by Gasteiger charge is -2.20. The van der Waals surface area contributed by atoms with Crippen molar-refractivity contribution in [2.24, 2.45) is 10.9 Å². The van der Waals surface area contributed by atoms with Crippen LogP contribution in [0.2, 0.25) is 0 Å². The van der Waals surface area contributed by atoms with Crippen LogP contribution in [0.25, 0.3) is 0 Å². The Labute approximate surface area is 120 Å². The molecule has 0 fully saturated rings. The minimum atomic E-state index is 0.0466. The van der Waals surface area contributed by atoms with E-state index in [1.165, 1.54) is 0 Å². The first kappa shape index (κ1) is 16.3. The van der Waals surface area contributed by atoms with Crippen molar-refractivity contribution in [3.63, 3.8) is 0 Å². The van der Waals surface area contributed by atoms with E-state index in [0.29, 0.717) is 23.9 Å². The third-order valence-electron chi connectivity index (χ3n) is 3.30. The van der Waals surface area contributed by atoms with Crippen LogP contribution in [0.4, 0.5) is 0 Å². The maximum Gasteiger partial charge on any atom is 0.173 e. The van der Waals surface area contributed by atoms with Crippen molar-refractivity contribution in [2.75, 3.05) is 27.7 Å². The summed E-state index contributed by atoms with van der Waals surface area (Å²) in [6.07, 6.45) is 0. The molecule has 1 atom stereocenters. The lowest BCUT2D eigenvalue weighted by molar-refractivity contribution is 0.302. The van der Waals surface area contributed by atoms with Gasteiger partial charge in [0.15, 0.2) is 5.84 Å². The van der Waals surface area contributed by atoms with E-state index >= 15 is 0 Å². The zero-order valence-electron chi connectivity index (χ0n) is 12.6. The third kappa shape index (κ3) is 4.40.